The van der Waals surface area contributed by atoms with E-state index in [0.29, 0.717) is 21.7 Å². The summed E-state index contributed by atoms with van der Waals surface area (Å²) in [6.45, 7) is -0.00796. The van der Waals surface area contributed by atoms with Gasteiger partial charge < -0.3 is 4.74 Å². The molecule has 2 aromatic carbocycles. The van der Waals surface area contributed by atoms with E-state index >= 15 is 0 Å². The average molecular weight is 375 g/mol. The first kappa shape index (κ1) is 15.7. The highest BCUT2D eigenvalue weighted by atomic mass is 79.9. The first-order valence-electron chi connectivity index (χ1n) is 5.90. The van der Waals surface area contributed by atoms with Gasteiger partial charge in [0.05, 0.1) is 16.0 Å². The summed E-state index contributed by atoms with van der Waals surface area (Å²) in [7, 11) is 0. The fourth-order valence-corrected chi connectivity index (χ4v) is 2.33. The zero-order valence-corrected chi connectivity index (χ0v) is 13.0. The number of alkyl halides is 1. The Morgan fingerprint density at radius 2 is 2.00 bits per heavy atom. The first-order chi connectivity index (χ1) is 9.99. The van der Waals surface area contributed by atoms with Crippen molar-refractivity contribution in [2.75, 3.05) is 0 Å². The van der Waals surface area contributed by atoms with Crippen LogP contribution in [0.5, 0.6) is 5.75 Å². The Bertz CT molecular complexity index is 681. The Morgan fingerprint density at radius 1 is 1.24 bits per heavy atom. The zero-order chi connectivity index (χ0) is 15.4. The number of rotatable bonds is 5. The molecule has 0 atom stereocenters. The maximum absolute atomic E-state index is 13.3. The van der Waals surface area contributed by atoms with Gasteiger partial charge in [-0.25, -0.2) is 4.39 Å². The number of benzene rings is 2. The van der Waals surface area contributed by atoms with Gasteiger partial charge in [-0.05, 0) is 29.3 Å². The Labute approximate surface area is 133 Å². The summed E-state index contributed by atoms with van der Waals surface area (Å²) in [5, 5.41) is 11.8. The zero-order valence-electron chi connectivity index (χ0n) is 10.7. The van der Waals surface area contributed by atoms with Crippen molar-refractivity contribution in [2.24, 2.45) is 0 Å². The number of nitro groups is 1. The Balaban J connectivity index is 2.14. The van der Waals surface area contributed by atoms with Gasteiger partial charge >= 0.3 is 0 Å². The van der Waals surface area contributed by atoms with Gasteiger partial charge in [0.1, 0.15) is 18.2 Å². The molecule has 21 heavy (non-hydrogen) atoms. The van der Waals surface area contributed by atoms with E-state index < -0.39 is 10.7 Å². The lowest BCUT2D eigenvalue weighted by Gasteiger charge is -2.09. The maximum atomic E-state index is 13.3. The molecule has 0 aliphatic carbocycles. The molecule has 0 N–H and O–H groups in total. The largest absolute Gasteiger partial charge is 0.487 e. The molecular weight excluding hydrogens is 365 g/mol. The first-order valence-corrected chi connectivity index (χ1v) is 7.40. The maximum Gasteiger partial charge on any atom is 0.272 e. The van der Waals surface area contributed by atoms with Crippen LogP contribution in [-0.4, -0.2) is 4.92 Å². The number of non-ortho nitro benzene ring substituents is 1. The third-order valence-electron chi connectivity index (χ3n) is 2.70. The summed E-state index contributed by atoms with van der Waals surface area (Å²) in [5.74, 6) is -0.239. The lowest BCUT2D eigenvalue weighted by Crippen LogP contribution is -1.99. The average Bonchev–Trinajstić information content (AvgIpc) is 2.45. The molecule has 0 radical (unpaired) electrons. The molecule has 0 aromatic heterocycles. The highest BCUT2D eigenvalue weighted by molar-refractivity contribution is 9.08. The molecule has 0 unspecified atom stereocenters. The van der Waals surface area contributed by atoms with Crippen LogP contribution in [0.25, 0.3) is 0 Å². The molecule has 0 aliphatic rings. The summed E-state index contributed by atoms with van der Waals surface area (Å²) < 4.78 is 18.8. The molecule has 4 nitrogen and oxygen atoms in total. The van der Waals surface area contributed by atoms with E-state index in [1.165, 1.54) is 12.1 Å². The van der Waals surface area contributed by atoms with Crippen LogP contribution in [0.1, 0.15) is 11.1 Å². The third kappa shape index (κ3) is 4.15. The van der Waals surface area contributed by atoms with Crippen LogP contribution in [0.2, 0.25) is 5.02 Å². The molecule has 7 heteroatoms. The van der Waals surface area contributed by atoms with Gasteiger partial charge in [0.15, 0.2) is 0 Å². The van der Waals surface area contributed by atoms with E-state index in [0.717, 1.165) is 11.6 Å². The number of halogens is 3. The summed E-state index contributed by atoms with van der Waals surface area (Å²) in [6, 6.07) is 8.61. The Hall–Kier alpha value is -1.66. The summed E-state index contributed by atoms with van der Waals surface area (Å²) in [4.78, 5) is 10.0. The molecule has 0 spiro atoms. The minimum absolute atomic E-state index is 0.00796. The van der Waals surface area contributed by atoms with Crippen molar-refractivity contribution < 1.29 is 14.1 Å². The fraction of sp³-hybridized carbons (Fsp3) is 0.143. The van der Waals surface area contributed by atoms with Crippen LogP contribution in [-0.2, 0) is 11.9 Å². The number of hydrogen-bond donors (Lipinski definition) is 0. The van der Waals surface area contributed by atoms with E-state index in [1.54, 1.807) is 12.1 Å². The molecule has 0 saturated heterocycles. The van der Waals surface area contributed by atoms with Gasteiger partial charge in [-0.15, -0.1) is 0 Å². The van der Waals surface area contributed by atoms with Gasteiger partial charge in [0.25, 0.3) is 5.69 Å². The number of hydrogen-bond acceptors (Lipinski definition) is 3. The van der Waals surface area contributed by atoms with E-state index in [4.69, 9.17) is 16.3 Å². The van der Waals surface area contributed by atoms with E-state index in [9.17, 15) is 14.5 Å². The lowest BCUT2D eigenvalue weighted by atomic mass is 10.2. The van der Waals surface area contributed by atoms with E-state index in [1.807, 2.05) is 6.07 Å². The van der Waals surface area contributed by atoms with Gasteiger partial charge in [0, 0.05) is 11.4 Å². The lowest BCUT2D eigenvalue weighted by molar-refractivity contribution is -0.385. The smallest absolute Gasteiger partial charge is 0.272 e. The SMILES string of the molecule is O=[N+]([O-])c1cc(F)cc(COc2ccc(CBr)cc2Cl)c1. The monoisotopic (exact) mass is 373 g/mol. The summed E-state index contributed by atoms with van der Waals surface area (Å²) >= 11 is 9.38. The molecule has 110 valence electrons. The van der Waals surface area contributed by atoms with Crippen LogP contribution in [0.4, 0.5) is 10.1 Å². The molecule has 0 fully saturated rings. The van der Waals surface area contributed by atoms with E-state index in [2.05, 4.69) is 15.9 Å². The molecular formula is C14H10BrClFNO3. The number of nitrogens with zero attached hydrogens (tertiary/aromatic N) is 1. The molecule has 0 saturated carbocycles. The number of nitro benzene ring substituents is 1. The second kappa shape index (κ2) is 6.87. The second-order valence-corrected chi connectivity index (χ2v) is 5.23. The van der Waals surface area contributed by atoms with Crippen LogP contribution in [0.3, 0.4) is 0 Å². The predicted molar refractivity (Wildman–Crippen MR) is 81.5 cm³/mol. The third-order valence-corrected chi connectivity index (χ3v) is 3.64. The minimum atomic E-state index is -0.677. The summed E-state index contributed by atoms with van der Waals surface area (Å²) in [5.41, 5.74) is 1.05. The van der Waals surface area contributed by atoms with Crippen molar-refractivity contribution in [3.05, 3.63) is 68.5 Å². The van der Waals surface area contributed by atoms with Gasteiger partial charge in [-0.3, -0.25) is 10.1 Å². The normalized spacial score (nSPS) is 10.4. The molecule has 2 rings (SSSR count). The quantitative estimate of drug-likeness (QED) is 0.426. The molecule has 0 heterocycles. The van der Waals surface area contributed by atoms with Crippen LogP contribution < -0.4 is 4.74 Å². The van der Waals surface area contributed by atoms with Crippen molar-refractivity contribution in [1.29, 1.82) is 0 Å². The van der Waals surface area contributed by atoms with Crippen molar-refractivity contribution in [1.82, 2.24) is 0 Å². The molecule has 0 bridgehead atoms. The fourth-order valence-electron chi connectivity index (χ4n) is 1.73. The van der Waals surface area contributed by atoms with Gasteiger partial charge in [-0.1, -0.05) is 33.6 Å². The van der Waals surface area contributed by atoms with Crippen molar-refractivity contribution in [3.8, 4) is 5.75 Å². The molecule has 0 amide bonds. The standard InChI is InChI=1S/C14H10BrClFNO3/c15-7-9-1-2-14(13(16)5-9)21-8-10-3-11(17)6-12(4-10)18(19)20/h1-6H,7-8H2. The molecule has 0 aliphatic heterocycles. The minimum Gasteiger partial charge on any atom is -0.487 e. The van der Waals surface area contributed by atoms with Crippen molar-refractivity contribution >= 4 is 33.2 Å². The Morgan fingerprint density at radius 3 is 2.62 bits per heavy atom. The van der Waals surface area contributed by atoms with Gasteiger partial charge in [0.2, 0.25) is 0 Å². The van der Waals surface area contributed by atoms with E-state index in [-0.39, 0.29) is 12.3 Å². The number of ether oxygens (including phenoxy) is 1. The van der Waals surface area contributed by atoms with Crippen LogP contribution in [0, 0.1) is 15.9 Å². The molecule has 2 aromatic rings. The Kier molecular flexibility index (Phi) is 5.14. The van der Waals surface area contributed by atoms with Crippen LogP contribution in [0.15, 0.2) is 36.4 Å². The summed E-state index contributed by atoms with van der Waals surface area (Å²) in [6.07, 6.45) is 0. The topological polar surface area (TPSA) is 52.4 Å². The van der Waals surface area contributed by atoms with Crippen molar-refractivity contribution in [2.45, 2.75) is 11.9 Å². The highest BCUT2D eigenvalue weighted by Crippen LogP contribution is 2.27. The second-order valence-electron chi connectivity index (χ2n) is 4.26. The van der Waals surface area contributed by atoms with Gasteiger partial charge in [-0.2, -0.15) is 0 Å². The van der Waals surface area contributed by atoms with Crippen LogP contribution >= 0.6 is 27.5 Å². The van der Waals surface area contributed by atoms with Crippen molar-refractivity contribution in [3.63, 3.8) is 0 Å². The predicted octanol–water partition coefficient (Wildman–Crippen LogP) is 4.86. The highest BCUT2D eigenvalue weighted by Gasteiger charge is 2.11.